The van der Waals surface area contributed by atoms with Gasteiger partial charge in [-0.2, -0.15) is 0 Å². The normalized spacial score (nSPS) is 11.5. The monoisotopic (exact) mass is 408 g/mol. The van der Waals surface area contributed by atoms with Gasteiger partial charge in [-0.1, -0.05) is 41.6 Å². The van der Waals surface area contributed by atoms with Crippen molar-refractivity contribution >= 4 is 32.7 Å². The first-order valence-electron chi connectivity index (χ1n) is 8.60. The molecule has 0 saturated carbocycles. The van der Waals surface area contributed by atoms with Crippen molar-refractivity contribution in [3.05, 3.63) is 72.3 Å². The number of carboxylic acid groups (broad SMARTS) is 1. The number of sulfonamides is 1. The molecule has 9 heteroatoms. The van der Waals surface area contributed by atoms with Crippen molar-refractivity contribution in [1.29, 1.82) is 0 Å². The maximum absolute atomic E-state index is 12.9. The fourth-order valence-electron chi connectivity index (χ4n) is 3.02. The molecule has 8 nitrogen and oxygen atoms in total. The Labute approximate surface area is 166 Å². The molecule has 146 valence electrons. The molecule has 29 heavy (non-hydrogen) atoms. The van der Waals surface area contributed by atoms with E-state index in [0.29, 0.717) is 16.6 Å². The van der Waals surface area contributed by atoms with Crippen molar-refractivity contribution in [1.82, 2.24) is 15.0 Å². The van der Waals surface area contributed by atoms with Crippen molar-refractivity contribution in [3.8, 4) is 11.1 Å². The molecule has 1 aromatic heterocycles. The maximum Gasteiger partial charge on any atom is 0.337 e. The zero-order valence-electron chi connectivity index (χ0n) is 15.3. The van der Waals surface area contributed by atoms with E-state index in [1.807, 2.05) is 30.3 Å². The van der Waals surface area contributed by atoms with Gasteiger partial charge in [-0.05, 0) is 41.5 Å². The van der Waals surface area contributed by atoms with Crippen LogP contribution in [-0.2, 0) is 17.1 Å². The van der Waals surface area contributed by atoms with Gasteiger partial charge in [-0.25, -0.2) is 17.9 Å². The lowest BCUT2D eigenvalue weighted by Crippen LogP contribution is -2.15. The fraction of sp³-hybridized carbons (Fsp3) is 0.0500. The van der Waals surface area contributed by atoms with Gasteiger partial charge in [0.15, 0.2) is 0 Å². The highest BCUT2D eigenvalue weighted by Gasteiger charge is 2.20. The van der Waals surface area contributed by atoms with Crippen LogP contribution in [0.5, 0.6) is 0 Å². The minimum absolute atomic E-state index is 0.0157. The van der Waals surface area contributed by atoms with Crippen LogP contribution in [0.25, 0.3) is 22.2 Å². The Morgan fingerprint density at radius 2 is 1.76 bits per heavy atom. The number of aryl methyl sites for hydroxylation is 1. The molecular weight excluding hydrogens is 392 g/mol. The van der Waals surface area contributed by atoms with Crippen molar-refractivity contribution in [2.75, 3.05) is 4.72 Å². The number of fused-ring (bicyclic) bond motifs is 1. The molecule has 0 saturated heterocycles. The van der Waals surface area contributed by atoms with Crippen molar-refractivity contribution in [3.63, 3.8) is 0 Å². The summed E-state index contributed by atoms with van der Waals surface area (Å²) in [6, 6.07) is 18.2. The highest BCUT2D eigenvalue weighted by molar-refractivity contribution is 7.92. The predicted molar refractivity (Wildman–Crippen MR) is 108 cm³/mol. The van der Waals surface area contributed by atoms with Crippen LogP contribution < -0.4 is 4.72 Å². The molecule has 0 spiro atoms. The van der Waals surface area contributed by atoms with Crippen LogP contribution in [0.4, 0.5) is 5.69 Å². The second-order valence-corrected chi connectivity index (χ2v) is 8.08. The van der Waals surface area contributed by atoms with E-state index in [-0.39, 0.29) is 16.1 Å². The lowest BCUT2D eigenvalue weighted by atomic mass is 10.0. The Morgan fingerprint density at radius 1 is 1.00 bits per heavy atom. The number of anilines is 1. The summed E-state index contributed by atoms with van der Waals surface area (Å²) in [6.45, 7) is 0. The molecule has 1 heterocycles. The molecule has 0 fully saturated rings. The van der Waals surface area contributed by atoms with E-state index in [2.05, 4.69) is 15.0 Å². The van der Waals surface area contributed by atoms with Gasteiger partial charge in [-0.15, -0.1) is 5.10 Å². The van der Waals surface area contributed by atoms with Crippen molar-refractivity contribution < 1.29 is 18.3 Å². The zero-order valence-corrected chi connectivity index (χ0v) is 16.1. The van der Waals surface area contributed by atoms with Gasteiger partial charge in [0, 0.05) is 7.05 Å². The maximum atomic E-state index is 12.9. The number of aromatic carboxylic acids is 1. The van der Waals surface area contributed by atoms with Crippen LogP contribution in [0, 0.1) is 0 Å². The number of aromatic nitrogens is 3. The third kappa shape index (κ3) is 3.55. The van der Waals surface area contributed by atoms with E-state index in [0.717, 1.165) is 5.56 Å². The Kier molecular flexibility index (Phi) is 4.51. The molecule has 4 aromatic rings. The molecule has 2 N–H and O–H groups in total. The number of hydrogen-bond donors (Lipinski definition) is 2. The Morgan fingerprint density at radius 3 is 2.48 bits per heavy atom. The van der Waals surface area contributed by atoms with Gasteiger partial charge >= 0.3 is 5.97 Å². The lowest BCUT2D eigenvalue weighted by Gasteiger charge is -2.13. The van der Waals surface area contributed by atoms with Crippen LogP contribution in [0.15, 0.2) is 71.6 Å². The molecule has 0 atom stereocenters. The second-order valence-electron chi connectivity index (χ2n) is 6.40. The number of benzene rings is 3. The van der Waals surface area contributed by atoms with Gasteiger partial charge < -0.3 is 5.11 Å². The van der Waals surface area contributed by atoms with E-state index in [1.54, 1.807) is 19.2 Å². The van der Waals surface area contributed by atoms with Crippen molar-refractivity contribution in [2.45, 2.75) is 4.90 Å². The minimum atomic E-state index is -4.04. The molecule has 0 radical (unpaired) electrons. The molecule has 4 rings (SSSR count). The molecular formula is C20H16N4O4S. The largest absolute Gasteiger partial charge is 0.478 e. The van der Waals surface area contributed by atoms with Crippen LogP contribution in [0.3, 0.4) is 0 Å². The van der Waals surface area contributed by atoms with E-state index in [4.69, 9.17) is 0 Å². The lowest BCUT2D eigenvalue weighted by molar-refractivity contribution is 0.0698. The second kappa shape index (κ2) is 7.02. The van der Waals surface area contributed by atoms with Gasteiger partial charge in [-0.3, -0.25) is 4.72 Å². The highest BCUT2D eigenvalue weighted by Crippen LogP contribution is 2.28. The molecule has 0 unspecified atom stereocenters. The smallest absolute Gasteiger partial charge is 0.337 e. The number of hydrogen-bond acceptors (Lipinski definition) is 5. The van der Waals surface area contributed by atoms with Gasteiger partial charge in [0.25, 0.3) is 10.0 Å². The minimum Gasteiger partial charge on any atom is -0.478 e. The van der Waals surface area contributed by atoms with Crippen LogP contribution in [0.1, 0.15) is 10.4 Å². The molecule has 0 aliphatic heterocycles. The average Bonchev–Trinajstić information content (AvgIpc) is 3.08. The summed E-state index contributed by atoms with van der Waals surface area (Å²) in [5.74, 6) is -1.23. The van der Waals surface area contributed by atoms with Crippen LogP contribution >= 0.6 is 0 Å². The van der Waals surface area contributed by atoms with Crippen molar-refractivity contribution in [2.24, 2.45) is 7.05 Å². The molecule has 0 amide bonds. The standard InChI is InChI=1S/C20H16N4O4S/c1-24-19-10-8-15(12-18(19)21-23-24)29(27,28)22-17-11-14(7-9-16(17)20(25)26)13-5-3-2-4-6-13/h2-12,22H,1H3,(H,25,26). The topological polar surface area (TPSA) is 114 Å². The number of rotatable bonds is 5. The third-order valence-electron chi connectivity index (χ3n) is 4.49. The van der Waals surface area contributed by atoms with Gasteiger partial charge in [0.2, 0.25) is 0 Å². The van der Waals surface area contributed by atoms with Gasteiger partial charge in [0.1, 0.15) is 5.52 Å². The molecule has 3 aromatic carbocycles. The number of nitrogens with one attached hydrogen (secondary N) is 1. The Balaban J connectivity index is 1.77. The zero-order chi connectivity index (χ0) is 20.6. The number of carbonyl (C=O) groups is 1. The number of carboxylic acids is 1. The van der Waals surface area contributed by atoms with Crippen LogP contribution in [-0.4, -0.2) is 34.5 Å². The molecule has 0 aliphatic carbocycles. The third-order valence-corrected chi connectivity index (χ3v) is 5.86. The highest BCUT2D eigenvalue weighted by atomic mass is 32.2. The van der Waals surface area contributed by atoms with E-state index < -0.39 is 16.0 Å². The van der Waals surface area contributed by atoms with Gasteiger partial charge in [0.05, 0.1) is 21.7 Å². The first-order chi connectivity index (χ1) is 13.8. The first kappa shape index (κ1) is 18.6. The Bertz CT molecular complexity index is 1330. The summed E-state index contributed by atoms with van der Waals surface area (Å²) >= 11 is 0. The first-order valence-corrected chi connectivity index (χ1v) is 10.1. The summed E-state index contributed by atoms with van der Waals surface area (Å²) in [6.07, 6.45) is 0. The summed E-state index contributed by atoms with van der Waals surface area (Å²) in [7, 11) is -2.34. The van der Waals surface area contributed by atoms with Crippen LogP contribution in [0.2, 0.25) is 0 Å². The fourth-order valence-corrected chi connectivity index (χ4v) is 4.11. The Hall–Kier alpha value is -3.72. The average molecular weight is 408 g/mol. The van der Waals surface area contributed by atoms with E-state index >= 15 is 0 Å². The SMILES string of the molecule is Cn1nnc2cc(S(=O)(=O)Nc3cc(-c4ccccc4)ccc3C(=O)O)ccc21. The predicted octanol–water partition coefficient (Wildman–Crippen LogP) is 3.13. The summed E-state index contributed by atoms with van der Waals surface area (Å²) in [4.78, 5) is 11.6. The number of nitrogens with zero attached hydrogens (tertiary/aromatic N) is 3. The summed E-state index contributed by atoms with van der Waals surface area (Å²) in [5, 5.41) is 17.3. The van der Waals surface area contributed by atoms with E-state index in [9.17, 15) is 18.3 Å². The molecule has 0 bridgehead atoms. The quantitative estimate of drug-likeness (QED) is 0.524. The summed E-state index contributed by atoms with van der Waals surface area (Å²) < 4.78 is 29.8. The van der Waals surface area contributed by atoms with E-state index in [1.165, 1.54) is 28.9 Å². The summed E-state index contributed by atoms with van der Waals surface area (Å²) in [5.41, 5.74) is 2.48. The molecule has 0 aliphatic rings.